The van der Waals surface area contributed by atoms with Crippen molar-refractivity contribution in [3.8, 4) is 10.0 Å². The molecule has 1 N–H and O–H groups in total. The monoisotopic (exact) mass is 267 g/mol. The largest absolute Gasteiger partial charge is 0.309 e. The van der Waals surface area contributed by atoms with Crippen LogP contribution in [0.1, 0.15) is 37.7 Å². The molecule has 0 fully saturated rings. The van der Waals surface area contributed by atoms with E-state index in [1.54, 1.807) is 22.7 Å². The Morgan fingerprint density at radius 2 is 1.94 bits per heavy atom. The van der Waals surface area contributed by atoms with Crippen LogP contribution < -0.4 is 5.32 Å². The van der Waals surface area contributed by atoms with E-state index in [1.807, 2.05) is 6.92 Å². The van der Waals surface area contributed by atoms with Crippen LogP contribution >= 0.6 is 22.7 Å². The van der Waals surface area contributed by atoms with Crippen LogP contribution in [-0.2, 0) is 0 Å². The molecule has 0 amide bonds. The lowest BCUT2D eigenvalue weighted by molar-refractivity contribution is 0.561. The first-order valence-corrected chi connectivity index (χ1v) is 7.58. The van der Waals surface area contributed by atoms with Crippen molar-refractivity contribution in [3.05, 3.63) is 22.1 Å². The van der Waals surface area contributed by atoms with Gasteiger partial charge < -0.3 is 5.32 Å². The Hall–Kier alpha value is -0.780. The molecule has 2 aromatic rings. The summed E-state index contributed by atoms with van der Waals surface area (Å²) >= 11 is 3.34. The van der Waals surface area contributed by atoms with Crippen molar-refractivity contribution in [2.75, 3.05) is 6.54 Å². The van der Waals surface area contributed by atoms with Crippen LogP contribution in [0.2, 0.25) is 0 Å². The fourth-order valence-corrected chi connectivity index (χ4v) is 3.26. The summed E-state index contributed by atoms with van der Waals surface area (Å²) in [6.07, 6.45) is 1.15. The average molecular weight is 267 g/mol. The van der Waals surface area contributed by atoms with Crippen molar-refractivity contribution in [2.24, 2.45) is 0 Å². The lowest BCUT2D eigenvalue weighted by Gasteiger charge is -2.09. The summed E-state index contributed by atoms with van der Waals surface area (Å²) in [7, 11) is 0. The number of aryl methyl sites for hydroxylation is 1. The van der Waals surface area contributed by atoms with E-state index < -0.39 is 0 Å². The van der Waals surface area contributed by atoms with Gasteiger partial charge in [-0.15, -0.1) is 22.7 Å². The minimum absolute atomic E-state index is 0.320. The van der Waals surface area contributed by atoms with Crippen molar-refractivity contribution >= 4 is 22.7 Å². The average Bonchev–Trinajstić information content (AvgIpc) is 2.93. The first-order valence-electron chi connectivity index (χ1n) is 5.82. The number of nitrogens with one attached hydrogen (secondary N) is 1. The van der Waals surface area contributed by atoms with Crippen LogP contribution in [-0.4, -0.2) is 16.5 Å². The maximum absolute atomic E-state index is 4.65. The van der Waals surface area contributed by atoms with Crippen molar-refractivity contribution < 1.29 is 0 Å². The Kier molecular flexibility index (Phi) is 4.25. The van der Waals surface area contributed by atoms with Gasteiger partial charge in [-0.1, -0.05) is 6.92 Å². The third-order valence-corrected chi connectivity index (χ3v) is 4.43. The molecule has 5 heteroatoms. The molecule has 0 spiro atoms. The molecular weight excluding hydrogens is 250 g/mol. The molecule has 0 aliphatic carbocycles. The molecular formula is C12H17N3S2. The van der Waals surface area contributed by atoms with Gasteiger partial charge in [0.25, 0.3) is 0 Å². The number of hydrogen-bond acceptors (Lipinski definition) is 5. The summed E-state index contributed by atoms with van der Waals surface area (Å²) < 4.78 is 0. The second kappa shape index (κ2) is 5.71. The Labute approximate surface area is 110 Å². The van der Waals surface area contributed by atoms with Gasteiger partial charge in [-0.2, -0.15) is 0 Å². The first kappa shape index (κ1) is 12.7. The van der Waals surface area contributed by atoms with Crippen molar-refractivity contribution in [1.82, 2.24) is 15.3 Å². The maximum Gasteiger partial charge on any atom is 0.152 e. The molecule has 1 unspecified atom stereocenters. The molecule has 2 aromatic heterocycles. The molecule has 0 bridgehead atoms. The fraction of sp³-hybridized carbons (Fsp3) is 0.500. The fourth-order valence-electron chi connectivity index (χ4n) is 1.50. The zero-order valence-corrected chi connectivity index (χ0v) is 12.0. The highest BCUT2D eigenvalue weighted by atomic mass is 32.1. The van der Waals surface area contributed by atoms with E-state index in [4.69, 9.17) is 0 Å². The first-order chi connectivity index (χ1) is 8.20. The van der Waals surface area contributed by atoms with Crippen molar-refractivity contribution in [3.63, 3.8) is 0 Å². The van der Waals surface area contributed by atoms with Crippen LogP contribution in [0.25, 0.3) is 10.0 Å². The Morgan fingerprint density at radius 1 is 1.24 bits per heavy atom. The van der Waals surface area contributed by atoms with Crippen molar-refractivity contribution in [1.29, 1.82) is 0 Å². The van der Waals surface area contributed by atoms with Crippen molar-refractivity contribution in [2.45, 2.75) is 33.2 Å². The topological polar surface area (TPSA) is 37.8 Å². The quantitative estimate of drug-likeness (QED) is 0.899. The van der Waals surface area contributed by atoms with Crippen LogP contribution in [0.15, 0.2) is 10.8 Å². The lowest BCUT2D eigenvalue weighted by Crippen LogP contribution is -2.19. The third kappa shape index (κ3) is 3.12. The summed E-state index contributed by atoms with van der Waals surface area (Å²) in [5.41, 5.74) is 2.19. The highest BCUT2D eigenvalue weighted by molar-refractivity contribution is 7.19. The number of thiazole rings is 2. The van der Waals surface area contributed by atoms with E-state index in [2.05, 4.69) is 39.9 Å². The lowest BCUT2D eigenvalue weighted by atomic mass is 10.2. The standard InChI is InChI=1S/C12H17N3S2/c1-4-5-13-9(3)10-7-17-12(15-10)11-14-8(2)6-16-11/h6-7,9,13H,4-5H2,1-3H3. The molecule has 3 nitrogen and oxygen atoms in total. The SMILES string of the molecule is CCCNC(C)c1csc(-c2nc(C)cs2)n1. The van der Waals surface area contributed by atoms with E-state index in [9.17, 15) is 0 Å². The number of rotatable bonds is 5. The molecule has 2 rings (SSSR count). The van der Waals surface area contributed by atoms with Gasteiger partial charge in [-0.05, 0) is 26.8 Å². The summed E-state index contributed by atoms with van der Waals surface area (Å²) in [4.78, 5) is 9.11. The van der Waals surface area contributed by atoms with E-state index in [0.29, 0.717) is 6.04 Å². The number of nitrogens with zero attached hydrogens (tertiary/aromatic N) is 2. The van der Waals surface area contributed by atoms with Gasteiger partial charge in [0, 0.05) is 22.5 Å². The van der Waals surface area contributed by atoms with E-state index in [1.165, 1.54) is 0 Å². The van der Waals surface area contributed by atoms with Crippen LogP contribution in [0, 0.1) is 6.92 Å². The zero-order chi connectivity index (χ0) is 12.3. The van der Waals surface area contributed by atoms with Crippen LogP contribution in [0.3, 0.4) is 0 Å². The van der Waals surface area contributed by atoms with Gasteiger partial charge in [0.1, 0.15) is 0 Å². The molecule has 0 aliphatic heterocycles. The predicted molar refractivity (Wildman–Crippen MR) is 74.7 cm³/mol. The number of hydrogen-bond donors (Lipinski definition) is 1. The summed E-state index contributed by atoms with van der Waals surface area (Å²) in [6.45, 7) is 7.37. The molecule has 0 saturated heterocycles. The van der Waals surface area contributed by atoms with Gasteiger partial charge in [0.2, 0.25) is 0 Å². The van der Waals surface area contributed by atoms with Crippen LogP contribution in [0.4, 0.5) is 0 Å². The minimum Gasteiger partial charge on any atom is -0.309 e. The van der Waals surface area contributed by atoms with Gasteiger partial charge in [0.05, 0.1) is 5.69 Å². The predicted octanol–water partition coefficient (Wildman–Crippen LogP) is 3.64. The second-order valence-electron chi connectivity index (χ2n) is 4.05. The highest BCUT2D eigenvalue weighted by Crippen LogP contribution is 2.28. The second-order valence-corrected chi connectivity index (χ2v) is 5.76. The summed E-state index contributed by atoms with van der Waals surface area (Å²) in [5.74, 6) is 0. The minimum atomic E-state index is 0.320. The molecule has 2 heterocycles. The number of aromatic nitrogens is 2. The maximum atomic E-state index is 4.65. The molecule has 0 aromatic carbocycles. The van der Waals surface area contributed by atoms with E-state index in [-0.39, 0.29) is 0 Å². The molecule has 17 heavy (non-hydrogen) atoms. The van der Waals surface area contributed by atoms with Gasteiger partial charge in [0.15, 0.2) is 10.0 Å². The Balaban J connectivity index is 2.10. The van der Waals surface area contributed by atoms with E-state index in [0.717, 1.165) is 34.4 Å². The highest BCUT2D eigenvalue weighted by Gasteiger charge is 2.12. The van der Waals surface area contributed by atoms with Gasteiger partial charge >= 0.3 is 0 Å². The Bertz CT molecular complexity index is 476. The molecule has 0 saturated carbocycles. The summed E-state index contributed by atoms with van der Waals surface area (Å²) in [6, 6.07) is 0.320. The zero-order valence-electron chi connectivity index (χ0n) is 10.4. The molecule has 0 radical (unpaired) electrons. The summed E-state index contributed by atoms with van der Waals surface area (Å²) in [5, 5.41) is 9.69. The van der Waals surface area contributed by atoms with Crippen LogP contribution in [0.5, 0.6) is 0 Å². The van der Waals surface area contributed by atoms with Gasteiger partial charge in [-0.3, -0.25) is 0 Å². The normalized spacial score (nSPS) is 12.9. The smallest absolute Gasteiger partial charge is 0.152 e. The third-order valence-electron chi connectivity index (χ3n) is 2.47. The van der Waals surface area contributed by atoms with E-state index >= 15 is 0 Å². The Morgan fingerprint density at radius 3 is 2.59 bits per heavy atom. The molecule has 1 atom stereocenters. The molecule has 0 aliphatic rings. The van der Waals surface area contributed by atoms with Gasteiger partial charge in [-0.25, -0.2) is 9.97 Å². The molecule has 92 valence electrons.